The van der Waals surface area contributed by atoms with Gasteiger partial charge in [0.25, 0.3) is 0 Å². The Bertz CT molecular complexity index is 363. The van der Waals surface area contributed by atoms with Gasteiger partial charge < -0.3 is 10.1 Å². The van der Waals surface area contributed by atoms with Gasteiger partial charge in [0, 0.05) is 37.9 Å². The third-order valence-corrected chi connectivity index (χ3v) is 3.38. The molecule has 0 amide bonds. The zero-order valence-electron chi connectivity index (χ0n) is 13.6. The van der Waals surface area contributed by atoms with Crippen molar-refractivity contribution in [2.75, 3.05) is 19.8 Å². The fourth-order valence-electron chi connectivity index (χ4n) is 2.39. The fraction of sp³-hybridized carbons (Fsp3) is 0.812. The van der Waals surface area contributed by atoms with Crippen molar-refractivity contribution >= 4 is 0 Å². The van der Waals surface area contributed by atoms with Gasteiger partial charge in [0.1, 0.15) is 0 Å². The first-order valence-electron chi connectivity index (χ1n) is 8.05. The van der Waals surface area contributed by atoms with E-state index >= 15 is 0 Å². The summed E-state index contributed by atoms with van der Waals surface area (Å²) in [6.45, 7) is 12.3. The van der Waals surface area contributed by atoms with Crippen molar-refractivity contribution in [3.8, 4) is 0 Å². The highest BCUT2D eigenvalue weighted by Crippen LogP contribution is 2.09. The van der Waals surface area contributed by atoms with Crippen LogP contribution in [-0.4, -0.2) is 35.6 Å². The van der Waals surface area contributed by atoms with Gasteiger partial charge in [0.05, 0.1) is 5.69 Å². The SMILES string of the molecule is CCCNC(CCOCCC)Cc1cc(C)nn1CC. The zero-order chi connectivity index (χ0) is 14.8. The molecule has 1 heterocycles. The molecule has 20 heavy (non-hydrogen) atoms. The van der Waals surface area contributed by atoms with Gasteiger partial charge in [-0.2, -0.15) is 5.10 Å². The van der Waals surface area contributed by atoms with E-state index in [2.05, 4.69) is 48.9 Å². The lowest BCUT2D eigenvalue weighted by molar-refractivity contribution is 0.124. The van der Waals surface area contributed by atoms with E-state index in [0.717, 1.165) is 51.3 Å². The van der Waals surface area contributed by atoms with Crippen LogP contribution in [0.1, 0.15) is 51.4 Å². The fourth-order valence-corrected chi connectivity index (χ4v) is 2.39. The number of hydrogen-bond acceptors (Lipinski definition) is 3. The van der Waals surface area contributed by atoms with Crippen LogP contribution in [-0.2, 0) is 17.7 Å². The van der Waals surface area contributed by atoms with Crippen LogP contribution in [0.2, 0.25) is 0 Å². The van der Waals surface area contributed by atoms with Gasteiger partial charge in [-0.25, -0.2) is 0 Å². The lowest BCUT2D eigenvalue weighted by Crippen LogP contribution is -2.33. The van der Waals surface area contributed by atoms with Crippen LogP contribution in [0.4, 0.5) is 0 Å². The van der Waals surface area contributed by atoms with Crippen LogP contribution in [0.5, 0.6) is 0 Å². The number of hydrogen-bond donors (Lipinski definition) is 1. The summed E-state index contributed by atoms with van der Waals surface area (Å²) in [5.74, 6) is 0. The van der Waals surface area contributed by atoms with Crippen LogP contribution in [0.25, 0.3) is 0 Å². The highest BCUT2D eigenvalue weighted by atomic mass is 16.5. The molecule has 1 N–H and O–H groups in total. The average molecular weight is 281 g/mol. The Labute approximate surface area is 123 Å². The molecular formula is C16H31N3O. The van der Waals surface area contributed by atoms with Gasteiger partial charge >= 0.3 is 0 Å². The summed E-state index contributed by atoms with van der Waals surface area (Å²) in [5, 5.41) is 8.16. The summed E-state index contributed by atoms with van der Waals surface area (Å²) in [4.78, 5) is 0. The summed E-state index contributed by atoms with van der Waals surface area (Å²) in [6, 6.07) is 2.69. The molecule has 0 aliphatic rings. The van der Waals surface area contributed by atoms with Gasteiger partial charge in [0.2, 0.25) is 0 Å². The van der Waals surface area contributed by atoms with Crippen LogP contribution in [0.15, 0.2) is 6.07 Å². The highest BCUT2D eigenvalue weighted by Gasteiger charge is 2.12. The lowest BCUT2D eigenvalue weighted by atomic mass is 10.1. The minimum atomic E-state index is 0.480. The van der Waals surface area contributed by atoms with Crippen molar-refractivity contribution in [2.45, 2.75) is 66.0 Å². The molecule has 4 heteroatoms. The third-order valence-electron chi connectivity index (χ3n) is 3.38. The standard InChI is InChI=1S/C16H31N3O/c1-5-9-17-15(8-11-20-10-6-2)13-16-12-14(4)18-19(16)7-3/h12,15,17H,5-11,13H2,1-4H3. The van der Waals surface area contributed by atoms with Gasteiger partial charge in [-0.05, 0) is 45.7 Å². The Morgan fingerprint density at radius 2 is 2.05 bits per heavy atom. The average Bonchev–Trinajstić information content (AvgIpc) is 2.80. The molecule has 0 aromatic carbocycles. The second kappa shape index (κ2) is 9.94. The maximum atomic E-state index is 5.63. The zero-order valence-corrected chi connectivity index (χ0v) is 13.6. The third kappa shape index (κ3) is 6.06. The molecule has 1 rings (SSSR count). The van der Waals surface area contributed by atoms with Crippen molar-refractivity contribution in [2.24, 2.45) is 0 Å². The molecular weight excluding hydrogens is 250 g/mol. The van der Waals surface area contributed by atoms with Crippen molar-refractivity contribution in [3.63, 3.8) is 0 Å². The van der Waals surface area contributed by atoms with E-state index in [1.807, 2.05) is 0 Å². The Balaban J connectivity index is 2.53. The van der Waals surface area contributed by atoms with Crippen LogP contribution >= 0.6 is 0 Å². The van der Waals surface area contributed by atoms with Crippen LogP contribution < -0.4 is 5.32 Å². The van der Waals surface area contributed by atoms with E-state index in [0.29, 0.717) is 6.04 Å². The molecule has 0 aliphatic carbocycles. The highest BCUT2D eigenvalue weighted by molar-refractivity contribution is 5.10. The van der Waals surface area contributed by atoms with E-state index in [-0.39, 0.29) is 0 Å². The molecule has 1 aromatic heterocycles. The predicted molar refractivity (Wildman–Crippen MR) is 84.2 cm³/mol. The molecule has 0 radical (unpaired) electrons. The van der Waals surface area contributed by atoms with E-state index in [1.165, 1.54) is 12.1 Å². The first-order valence-corrected chi connectivity index (χ1v) is 8.05. The number of nitrogens with one attached hydrogen (secondary N) is 1. The smallest absolute Gasteiger partial charge is 0.0596 e. The molecule has 4 nitrogen and oxygen atoms in total. The van der Waals surface area contributed by atoms with Gasteiger partial charge in [-0.3, -0.25) is 4.68 Å². The van der Waals surface area contributed by atoms with E-state index < -0.39 is 0 Å². The first kappa shape index (κ1) is 17.2. The van der Waals surface area contributed by atoms with Gasteiger partial charge in [-0.15, -0.1) is 0 Å². The number of ether oxygens (including phenoxy) is 1. The molecule has 1 aromatic rings. The van der Waals surface area contributed by atoms with Gasteiger partial charge in [-0.1, -0.05) is 13.8 Å². The minimum Gasteiger partial charge on any atom is -0.381 e. The van der Waals surface area contributed by atoms with Crippen molar-refractivity contribution in [1.82, 2.24) is 15.1 Å². The van der Waals surface area contributed by atoms with Crippen molar-refractivity contribution in [3.05, 3.63) is 17.5 Å². The Morgan fingerprint density at radius 3 is 2.70 bits per heavy atom. The van der Waals surface area contributed by atoms with Crippen LogP contribution in [0.3, 0.4) is 0 Å². The monoisotopic (exact) mass is 281 g/mol. The molecule has 1 atom stereocenters. The summed E-state index contributed by atoms with van der Waals surface area (Å²) in [7, 11) is 0. The molecule has 0 bridgehead atoms. The molecule has 0 aliphatic heterocycles. The summed E-state index contributed by atoms with van der Waals surface area (Å²) >= 11 is 0. The van der Waals surface area contributed by atoms with Crippen molar-refractivity contribution < 1.29 is 4.74 Å². The second-order valence-electron chi connectivity index (χ2n) is 5.35. The Hall–Kier alpha value is -0.870. The van der Waals surface area contributed by atoms with E-state index in [9.17, 15) is 0 Å². The van der Waals surface area contributed by atoms with Crippen molar-refractivity contribution in [1.29, 1.82) is 0 Å². The maximum absolute atomic E-state index is 5.63. The molecule has 1 unspecified atom stereocenters. The maximum Gasteiger partial charge on any atom is 0.0596 e. The minimum absolute atomic E-state index is 0.480. The Kier molecular flexibility index (Phi) is 8.54. The van der Waals surface area contributed by atoms with E-state index in [4.69, 9.17) is 4.74 Å². The molecule has 0 spiro atoms. The first-order chi connectivity index (χ1) is 9.71. The molecule has 0 saturated heterocycles. The second-order valence-corrected chi connectivity index (χ2v) is 5.35. The topological polar surface area (TPSA) is 39.1 Å². The summed E-state index contributed by atoms with van der Waals surface area (Å²) < 4.78 is 7.74. The molecule has 0 fully saturated rings. The quantitative estimate of drug-likeness (QED) is 0.634. The number of nitrogens with zero attached hydrogens (tertiary/aromatic N) is 2. The number of rotatable bonds is 11. The largest absolute Gasteiger partial charge is 0.381 e. The van der Waals surface area contributed by atoms with E-state index in [1.54, 1.807) is 0 Å². The Morgan fingerprint density at radius 1 is 1.25 bits per heavy atom. The lowest BCUT2D eigenvalue weighted by Gasteiger charge is -2.19. The summed E-state index contributed by atoms with van der Waals surface area (Å²) in [5.41, 5.74) is 2.44. The molecule has 116 valence electrons. The molecule has 0 saturated carbocycles. The number of aromatic nitrogens is 2. The van der Waals surface area contributed by atoms with Gasteiger partial charge in [0.15, 0.2) is 0 Å². The predicted octanol–water partition coefficient (Wildman–Crippen LogP) is 2.94. The summed E-state index contributed by atoms with van der Waals surface area (Å²) in [6.07, 6.45) is 4.35. The van der Waals surface area contributed by atoms with Crippen LogP contribution in [0, 0.1) is 6.92 Å². The number of aryl methyl sites for hydroxylation is 2. The normalized spacial score (nSPS) is 12.8.